The highest BCUT2D eigenvalue weighted by atomic mass is 28.4. The van der Waals surface area contributed by atoms with Crippen molar-refractivity contribution < 1.29 is 14.1 Å². The normalized spacial score (nSPS) is 16.0. The minimum atomic E-state index is -1.79. The van der Waals surface area contributed by atoms with Gasteiger partial charge < -0.3 is 4.43 Å². The number of hydroxylamine groups is 2. The topological polar surface area (TPSA) is 38.8 Å². The third-order valence-corrected chi connectivity index (χ3v) is 9.00. The molecule has 0 bridgehead atoms. The number of amides is 1. The molecule has 0 rings (SSSR count). The van der Waals surface area contributed by atoms with E-state index in [4.69, 9.17) is 9.26 Å². The third-order valence-electron chi connectivity index (χ3n) is 4.43. The lowest BCUT2D eigenvalue weighted by Crippen LogP contribution is -2.44. The first-order valence-corrected chi connectivity index (χ1v) is 10.5. The van der Waals surface area contributed by atoms with Gasteiger partial charge in [0.2, 0.25) is 0 Å². The Morgan fingerprint density at radius 3 is 2.24 bits per heavy atom. The average molecular weight is 316 g/mol. The highest BCUT2D eigenvalue weighted by molar-refractivity contribution is 6.74. The lowest BCUT2D eigenvalue weighted by atomic mass is 10.0. The Kier molecular flexibility index (Phi) is 7.85. The lowest BCUT2D eigenvalue weighted by Gasteiger charge is -2.40. The van der Waals surface area contributed by atoms with Crippen LogP contribution in [-0.4, -0.2) is 39.5 Å². The van der Waals surface area contributed by atoms with Gasteiger partial charge in [-0.05, 0) is 31.5 Å². The maximum absolute atomic E-state index is 11.7. The van der Waals surface area contributed by atoms with Crippen molar-refractivity contribution in [2.45, 2.75) is 65.3 Å². The highest BCUT2D eigenvalue weighted by Crippen LogP contribution is 2.38. The Balaban J connectivity index is 4.82. The summed E-state index contributed by atoms with van der Waals surface area (Å²) in [7, 11) is 1.29. The fourth-order valence-electron chi connectivity index (χ4n) is 1.75. The van der Waals surface area contributed by atoms with Gasteiger partial charge in [0.15, 0.2) is 8.32 Å². The molecule has 1 amide bonds. The monoisotopic (exact) mass is 315 g/mol. The molecule has 0 saturated heterocycles. The summed E-state index contributed by atoms with van der Waals surface area (Å²) < 4.78 is 6.41. The minimum absolute atomic E-state index is 0.104. The molecule has 4 nitrogen and oxygen atoms in total. The fraction of sp³-hybridized carbons (Fsp3) is 0.812. The molecule has 124 valence electrons. The molecule has 0 aromatic rings. The Hall–Kier alpha value is -0.653. The number of nitrogens with zero attached hydrogens (tertiary/aromatic N) is 1. The number of hydrogen-bond acceptors (Lipinski definition) is 3. The molecule has 0 spiro atoms. The number of carbonyl (C=O) groups is 1. The number of rotatable bonds is 7. The van der Waals surface area contributed by atoms with Crippen molar-refractivity contribution in [3.8, 4) is 0 Å². The Bertz CT molecular complexity index is 361. The molecular weight excluding hydrogens is 282 g/mol. The Morgan fingerprint density at radius 2 is 1.86 bits per heavy atom. The Morgan fingerprint density at radius 1 is 1.33 bits per heavy atom. The van der Waals surface area contributed by atoms with Crippen LogP contribution in [0.2, 0.25) is 18.1 Å². The maximum Gasteiger partial charge on any atom is 0.269 e. The van der Waals surface area contributed by atoms with Crippen LogP contribution in [0.15, 0.2) is 12.2 Å². The zero-order valence-electron chi connectivity index (χ0n) is 15.2. The molecule has 0 aromatic carbocycles. The van der Waals surface area contributed by atoms with E-state index in [9.17, 15) is 4.79 Å². The van der Waals surface area contributed by atoms with Crippen LogP contribution in [0.4, 0.5) is 0 Å². The van der Waals surface area contributed by atoms with E-state index in [0.29, 0.717) is 0 Å². The third kappa shape index (κ3) is 6.32. The number of carbonyl (C=O) groups excluding carboxylic acids is 1. The van der Waals surface area contributed by atoms with Crippen LogP contribution in [0.1, 0.15) is 41.0 Å². The summed E-state index contributed by atoms with van der Waals surface area (Å²) >= 11 is 0. The van der Waals surface area contributed by atoms with Crippen LogP contribution >= 0.6 is 0 Å². The van der Waals surface area contributed by atoms with Gasteiger partial charge in [-0.1, -0.05) is 33.8 Å². The van der Waals surface area contributed by atoms with E-state index >= 15 is 0 Å². The molecule has 0 saturated carbocycles. The van der Waals surface area contributed by atoms with Gasteiger partial charge in [0.1, 0.15) is 0 Å². The van der Waals surface area contributed by atoms with E-state index in [2.05, 4.69) is 47.7 Å². The van der Waals surface area contributed by atoms with Crippen molar-refractivity contribution in [1.29, 1.82) is 0 Å². The summed E-state index contributed by atoms with van der Waals surface area (Å²) in [5.74, 6) is 0.0730. The van der Waals surface area contributed by atoms with E-state index < -0.39 is 8.32 Å². The summed E-state index contributed by atoms with van der Waals surface area (Å²) in [6, 6.07) is 0. The van der Waals surface area contributed by atoms with Crippen LogP contribution in [0, 0.1) is 5.92 Å². The van der Waals surface area contributed by atoms with E-state index in [1.807, 2.05) is 6.08 Å². The van der Waals surface area contributed by atoms with Gasteiger partial charge in [-0.3, -0.25) is 9.63 Å². The molecule has 2 atom stereocenters. The van der Waals surface area contributed by atoms with Crippen molar-refractivity contribution >= 4 is 14.2 Å². The lowest BCUT2D eigenvalue weighted by molar-refractivity contribution is -0.162. The van der Waals surface area contributed by atoms with Crippen molar-refractivity contribution in [3.63, 3.8) is 0 Å². The van der Waals surface area contributed by atoms with Crippen molar-refractivity contribution in [2.75, 3.05) is 14.2 Å². The standard InChI is InChI=1S/C16H33NO3Si/c1-10-14(11-12-15(18)17(6)19-7)13(2)20-21(8,9)16(3,4)5/h11-14H,10H2,1-9H3/b12-11-/t13-,14+/m1/s1. The van der Waals surface area contributed by atoms with E-state index in [1.54, 1.807) is 13.1 Å². The molecule has 0 radical (unpaired) electrons. The van der Waals surface area contributed by atoms with E-state index in [1.165, 1.54) is 12.2 Å². The molecule has 0 heterocycles. The van der Waals surface area contributed by atoms with Gasteiger partial charge in [0, 0.05) is 25.1 Å². The van der Waals surface area contributed by atoms with Crippen molar-refractivity contribution in [1.82, 2.24) is 5.06 Å². The zero-order chi connectivity index (χ0) is 16.8. The second kappa shape index (κ2) is 8.10. The van der Waals surface area contributed by atoms with Crippen LogP contribution in [0.25, 0.3) is 0 Å². The van der Waals surface area contributed by atoms with Crippen LogP contribution < -0.4 is 0 Å². The number of likely N-dealkylation sites (N-methyl/N-ethyl adjacent to an activating group) is 1. The second-order valence-electron chi connectivity index (χ2n) is 7.03. The van der Waals surface area contributed by atoms with Gasteiger partial charge in [-0.2, -0.15) is 0 Å². The molecule has 0 aromatic heterocycles. The number of hydrogen-bond donors (Lipinski definition) is 0. The predicted molar refractivity (Wildman–Crippen MR) is 90.4 cm³/mol. The molecular formula is C16H33NO3Si. The average Bonchev–Trinajstić information content (AvgIpc) is 2.36. The van der Waals surface area contributed by atoms with Crippen LogP contribution in [0.5, 0.6) is 0 Å². The molecule has 0 aliphatic heterocycles. The highest BCUT2D eigenvalue weighted by Gasteiger charge is 2.39. The van der Waals surface area contributed by atoms with Crippen molar-refractivity contribution in [2.24, 2.45) is 5.92 Å². The summed E-state index contributed by atoms with van der Waals surface area (Å²) in [5.41, 5.74) is 0. The fourth-order valence-corrected chi connectivity index (χ4v) is 3.21. The molecule has 0 aliphatic rings. The second-order valence-corrected chi connectivity index (χ2v) is 11.8. The van der Waals surface area contributed by atoms with Gasteiger partial charge in [0.25, 0.3) is 5.91 Å². The largest absolute Gasteiger partial charge is 0.414 e. The minimum Gasteiger partial charge on any atom is -0.414 e. The van der Waals surface area contributed by atoms with Gasteiger partial charge in [0.05, 0.1) is 7.11 Å². The maximum atomic E-state index is 11.7. The van der Waals surface area contributed by atoms with Crippen molar-refractivity contribution in [3.05, 3.63) is 12.2 Å². The van der Waals surface area contributed by atoms with E-state index in [0.717, 1.165) is 6.42 Å². The summed E-state index contributed by atoms with van der Waals surface area (Å²) in [5, 5.41) is 1.40. The molecule has 0 unspecified atom stereocenters. The van der Waals surface area contributed by atoms with Gasteiger partial charge in [-0.25, -0.2) is 5.06 Å². The molecule has 0 fully saturated rings. The first-order chi connectivity index (χ1) is 9.46. The smallest absolute Gasteiger partial charge is 0.269 e. The zero-order valence-corrected chi connectivity index (χ0v) is 16.2. The first kappa shape index (κ1) is 20.3. The summed E-state index contributed by atoms with van der Waals surface area (Å²) in [6.07, 6.45) is 4.56. The summed E-state index contributed by atoms with van der Waals surface area (Å²) in [4.78, 5) is 16.6. The quantitative estimate of drug-likeness (QED) is 0.405. The predicted octanol–water partition coefficient (Wildman–Crippen LogP) is 4.00. The van der Waals surface area contributed by atoms with Gasteiger partial charge in [-0.15, -0.1) is 0 Å². The SMILES string of the molecule is CC[C@@H](/C=C\C(=O)N(C)OC)[C@@H](C)O[Si](C)(C)C(C)(C)C. The van der Waals surface area contributed by atoms with E-state index in [-0.39, 0.29) is 23.0 Å². The van der Waals surface area contributed by atoms with Crippen LogP contribution in [-0.2, 0) is 14.1 Å². The molecule has 21 heavy (non-hydrogen) atoms. The van der Waals surface area contributed by atoms with Crippen LogP contribution in [0.3, 0.4) is 0 Å². The molecule has 5 heteroatoms. The molecule has 0 N–H and O–H groups in total. The Labute approximate surface area is 131 Å². The summed E-state index contributed by atoms with van der Waals surface area (Å²) in [6.45, 7) is 15.4. The molecule has 0 aliphatic carbocycles. The first-order valence-electron chi connectivity index (χ1n) is 7.64. The van der Waals surface area contributed by atoms with Gasteiger partial charge >= 0.3 is 0 Å².